The summed E-state index contributed by atoms with van der Waals surface area (Å²) in [4.78, 5) is 2.80. The Morgan fingerprint density at radius 3 is 2.26 bits per heavy atom. The van der Waals surface area contributed by atoms with E-state index in [1.54, 1.807) is 0 Å². The van der Waals surface area contributed by atoms with Gasteiger partial charge in [-0.15, -0.1) is 11.3 Å². The topological polar surface area (TPSA) is 12.0 Å². The molecule has 0 saturated heterocycles. The Hall–Kier alpha value is -1.12. The molecule has 2 aromatic rings. The third-order valence-electron chi connectivity index (χ3n) is 3.47. The molecule has 0 aliphatic carbocycles. The molecular formula is C17H23NS. The van der Waals surface area contributed by atoms with Crippen LogP contribution in [0.3, 0.4) is 0 Å². The van der Waals surface area contributed by atoms with Crippen LogP contribution in [0.2, 0.25) is 0 Å². The number of hydrogen-bond acceptors (Lipinski definition) is 2. The molecule has 19 heavy (non-hydrogen) atoms. The molecule has 1 nitrogen and oxygen atoms in total. The summed E-state index contributed by atoms with van der Waals surface area (Å²) in [5, 5.41) is 3.71. The SMILES string of the molecule is CCCNC(c1ccc(C)s1)c1c(C)cccc1C. The lowest BCUT2D eigenvalue weighted by atomic mass is 9.95. The van der Waals surface area contributed by atoms with Gasteiger partial charge in [0.15, 0.2) is 0 Å². The van der Waals surface area contributed by atoms with Crippen LogP contribution in [0.1, 0.15) is 45.8 Å². The standard InChI is InChI=1S/C17H23NS/c1-5-11-18-17(15-10-9-14(4)19-15)16-12(2)7-6-8-13(16)3/h6-10,17-18H,5,11H2,1-4H3. The predicted octanol–water partition coefficient (Wildman–Crippen LogP) is 4.76. The van der Waals surface area contributed by atoms with Crippen LogP contribution in [-0.2, 0) is 0 Å². The van der Waals surface area contributed by atoms with Gasteiger partial charge >= 0.3 is 0 Å². The van der Waals surface area contributed by atoms with E-state index in [1.807, 2.05) is 11.3 Å². The highest BCUT2D eigenvalue weighted by Gasteiger charge is 2.18. The molecule has 0 amide bonds. The molecule has 1 aromatic carbocycles. The van der Waals surface area contributed by atoms with Gasteiger partial charge in [-0.2, -0.15) is 0 Å². The minimum absolute atomic E-state index is 0.333. The first-order valence-electron chi connectivity index (χ1n) is 6.99. The van der Waals surface area contributed by atoms with Crippen molar-refractivity contribution in [3.63, 3.8) is 0 Å². The van der Waals surface area contributed by atoms with Crippen molar-refractivity contribution < 1.29 is 0 Å². The van der Waals surface area contributed by atoms with Crippen LogP contribution in [0.25, 0.3) is 0 Å². The molecule has 0 radical (unpaired) electrons. The first-order chi connectivity index (χ1) is 9.13. The van der Waals surface area contributed by atoms with Gasteiger partial charge in [-0.3, -0.25) is 0 Å². The van der Waals surface area contributed by atoms with E-state index in [1.165, 1.54) is 26.4 Å². The van der Waals surface area contributed by atoms with Crippen molar-refractivity contribution in [1.29, 1.82) is 0 Å². The van der Waals surface area contributed by atoms with Crippen LogP contribution in [0.4, 0.5) is 0 Å². The molecule has 0 aliphatic heterocycles. The molecule has 0 spiro atoms. The average Bonchev–Trinajstić information content (AvgIpc) is 2.79. The normalized spacial score (nSPS) is 12.6. The molecule has 0 fully saturated rings. The maximum absolute atomic E-state index is 3.71. The fourth-order valence-corrected chi connectivity index (χ4v) is 3.49. The Morgan fingerprint density at radius 1 is 1.05 bits per heavy atom. The third kappa shape index (κ3) is 3.26. The zero-order valence-corrected chi connectivity index (χ0v) is 13.1. The maximum Gasteiger partial charge on any atom is 0.0676 e. The van der Waals surface area contributed by atoms with E-state index >= 15 is 0 Å². The molecule has 1 aromatic heterocycles. The quantitative estimate of drug-likeness (QED) is 0.828. The maximum atomic E-state index is 3.71. The molecule has 2 rings (SSSR count). The lowest BCUT2D eigenvalue weighted by Crippen LogP contribution is -2.24. The Bertz CT molecular complexity index is 522. The summed E-state index contributed by atoms with van der Waals surface area (Å²) >= 11 is 1.90. The first kappa shape index (κ1) is 14.3. The van der Waals surface area contributed by atoms with E-state index in [9.17, 15) is 0 Å². The van der Waals surface area contributed by atoms with Gasteiger partial charge in [0.1, 0.15) is 0 Å². The summed E-state index contributed by atoms with van der Waals surface area (Å²) in [6, 6.07) is 11.4. The molecular weight excluding hydrogens is 250 g/mol. The first-order valence-corrected chi connectivity index (χ1v) is 7.81. The highest BCUT2D eigenvalue weighted by molar-refractivity contribution is 7.12. The highest BCUT2D eigenvalue weighted by Crippen LogP contribution is 2.32. The Balaban J connectivity index is 2.42. The largest absolute Gasteiger partial charge is 0.306 e. The predicted molar refractivity (Wildman–Crippen MR) is 85.1 cm³/mol. The van der Waals surface area contributed by atoms with Crippen molar-refractivity contribution in [3.8, 4) is 0 Å². The smallest absolute Gasteiger partial charge is 0.0676 e. The fourth-order valence-electron chi connectivity index (χ4n) is 2.52. The number of hydrogen-bond donors (Lipinski definition) is 1. The van der Waals surface area contributed by atoms with Crippen molar-refractivity contribution in [2.24, 2.45) is 0 Å². The van der Waals surface area contributed by atoms with Crippen LogP contribution < -0.4 is 5.32 Å². The van der Waals surface area contributed by atoms with Gasteiger partial charge in [0.2, 0.25) is 0 Å². The molecule has 1 heterocycles. The average molecular weight is 273 g/mol. The molecule has 2 heteroatoms. The summed E-state index contributed by atoms with van der Waals surface area (Å²) in [7, 11) is 0. The van der Waals surface area contributed by atoms with Crippen molar-refractivity contribution in [3.05, 3.63) is 56.8 Å². The number of rotatable bonds is 5. The van der Waals surface area contributed by atoms with Crippen molar-refractivity contribution in [2.45, 2.75) is 40.2 Å². The summed E-state index contributed by atoms with van der Waals surface area (Å²) in [6.07, 6.45) is 1.16. The Labute approximate surface area is 120 Å². The summed E-state index contributed by atoms with van der Waals surface area (Å²) in [6.45, 7) is 9.87. The van der Waals surface area contributed by atoms with E-state index in [4.69, 9.17) is 0 Å². The molecule has 0 aliphatic rings. The minimum Gasteiger partial charge on any atom is -0.306 e. The van der Waals surface area contributed by atoms with Crippen LogP contribution in [-0.4, -0.2) is 6.54 Å². The van der Waals surface area contributed by atoms with Crippen LogP contribution >= 0.6 is 11.3 Å². The van der Waals surface area contributed by atoms with Crippen LogP contribution in [0.15, 0.2) is 30.3 Å². The zero-order valence-electron chi connectivity index (χ0n) is 12.3. The summed E-state index contributed by atoms with van der Waals surface area (Å²) < 4.78 is 0. The van der Waals surface area contributed by atoms with Gasteiger partial charge < -0.3 is 5.32 Å². The summed E-state index contributed by atoms with van der Waals surface area (Å²) in [5.74, 6) is 0. The second kappa shape index (κ2) is 6.36. The second-order valence-corrected chi connectivity index (χ2v) is 6.46. The van der Waals surface area contributed by atoms with Gasteiger partial charge in [0.25, 0.3) is 0 Å². The van der Waals surface area contributed by atoms with Gasteiger partial charge in [-0.1, -0.05) is 25.1 Å². The van der Waals surface area contributed by atoms with E-state index in [0.29, 0.717) is 6.04 Å². The molecule has 102 valence electrons. The van der Waals surface area contributed by atoms with E-state index < -0.39 is 0 Å². The fraction of sp³-hybridized carbons (Fsp3) is 0.412. The lowest BCUT2D eigenvalue weighted by Gasteiger charge is -2.22. The number of nitrogens with one attached hydrogen (secondary N) is 1. The minimum atomic E-state index is 0.333. The van der Waals surface area contributed by atoms with E-state index in [-0.39, 0.29) is 0 Å². The Kier molecular flexibility index (Phi) is 4.78. The number of aryl methyl sites for hydroxylation is 3. The van der Waals surface area contributed by atoms with Gasteiger partial charge in [-0.25, -0.2) is 0 Å². The zero-order chi connectivity index (χ0) is 13.8. The monoisotopic (exact) mass is 273 g/mol. The molecule has 0 bridgehead atoms. The third-order valence-corrected chi connectivity index (χ3v) is 4.54. The number of thiophene rings is 1. The molecule has 1 N–H and O–H groups in total. The van der Waals surface area contributed by atoms with Gasteiger partial charge in [-0.05, 0) is 62.6 Å². The second-order valence-electron chi connectivity index (χ2n) is 5.14. The van der Waals surface area contributed by atoms with Crippen molar-refractivity contribution in [2.75, 3.05) is 6.54 Å². The van der Waals surface area contributed by atoms with Crippen LogP contribution in [0.5, 0.6) is 0 Å². The molecule has 1 atom stereocenters. The van der Waals surface area contributed by atoms with Gasteiger partial charge in [0, 0.05) is 9.75 Å². The number of benzene rings is 1. The summed E-state index contributed by atoms with van der Waals surface area (Å²) in [5.41, 5.74) is 4.19. The van der Waals surface area contributed by atoms with Crippen molar-refractivity contribution >= 4 is 11.3 Å². The molecule has 0 saturated carbocycles. The van der Waals surface area contributed by atoms with Crippen molar-refractivity contribution in [1.82, 2.24) is 5.32 Å². The van der Waals surface area contributed by atoms with Crippen LogP contribution in [0, 0.1) is 20.8 Å². The Morgan fingerprint density at radius 2 is 1.74 bits per heavy atom. The lowest BCUT2D eigenvalue weighted by molar-refractivity contribution is 0.601. The molecule has 1 unspecified atom stereocenters. The van der Waals surface area contributed by atoms with E-state index in [0.717, 1.165) is 13.0 Å². The van der Waals surface area contributed by atoms with Gasteiger partial charge in [0.05, 0.1) is 6.04 Å². The van der Waals surface area contributed by atoms with E-state index in [2.05, 4.69) is 63.3 Å². The highest BCUT2D eigenvalue weighted by atomic mass is 32.1.